The topological polar surface area (TPSA) is 46.9 Å². The van der Waals surface area contributed by atoms with Crippen LogP contribution in [-0.2, 0) is 18.3 Å². The first-order valence-electron chi connectivity index (χ1n) is 9.75. The minimum atomic E-state index is -0.209. The average Bonchev–Trinajstić information content (AvgIpc) is 3.09. The molecule has 0 bridgehead atoms. The van der Waals surface area contributed by atoms with E-state index in [2.05, 4.69) is 51.3 Å². The minimum absolute atomic E-state index is 0.0657. The van der Waals surface area contributed by atoms with E-state index in [0.717, 1.165) is 35.7 Å². The van der Waals surface area contributed by atoms with Crippen molar-refractivity contribution in [3.05, 3.63) is 71.9 Å². The molecule has 1 amide bonds. The number of thioether (sulfide) groups is 1. The molecule has 4 nitrogen and oxygen atoms in total. The van der Waals surface area contributed by atoms with Gasteiger partial charge in [-0.2, -0.15) is 0 Å². The Morgan fingerprint density at radius 2 is 1.93 bits per heavy atom. The summed E-state index contributed by atoms with van der Waals surface area (Å²) in [4.78, 5) is 17.4. The molecule has 2 aromatic carbocycles. The van der Waals surface area contributed by atoms with Gasteiger partial charge in [0.2, 0.25) is 5.91 Å². The highest BCUT2D eigenvalue weighted by Crippen LogP contribution is 2.31. The second kappa shape index (κ2) is 8.23. The van der Waals surface area contributed by atoms with Crippen LogP contribution in [0.2, 0.25) is 0 Å². The highest BCUT2D eigenvalue weighted by molar-refractivity contribution is 8.00. The summed E-state index contributed by atoms with van der Waals surface area (Å²) in [6.07, 6.45) is 5.09. The summed E-state index contributed by atoms with van der Waals surface area (Å²) in [5.74, 6) is 0.0657. The average molecular weight is 392 g/mol. The Kier molecular flexibility index (Phi) is 5.53. The number of fused-ring (bicyclic) bond motifs is 1. The number of hydrogen-bond acceptors (Lipinski definition) is 3. The highest BCUT2D eigenvalue weighted by atomic mass is 32.2. The van der Waals surface area contributed by atoms with E-state index in [9.17, 15) is 4.79 Å². The van der Waals surface area contributed by atoms with Gasteiger partial charge in [-0.05, 0) is 42.9 Å². The molecule has 1 aromatic heterocycles. The number of nitrogens with zero attached hydrogens (tertiary/aromatic N) is 2. The number of nitrogens with one attached hydrogen (secondary N) is 1. The fourth-order valence-electron chi connectivity index (χ4n) is 3.78. The normalized spacial score (nSPS) is 17.0. The molecule has 0 saturated heterocycles. The molecular weight excluding hydrogens is 366 g/mol. The van der Waals surface area contributed by atoms with Crippen LogP contribution in [0.5, 0.6) is 0 Å². The summed E-state index contributed by atoms with van der Waals surface area (Å²) in [6, 6.07) is 18.7. The van der Waals surface area contributed by atoms with Gasteiger partial charge in [-0.25, -0.2) is 4.98 Å². The molecular formula is C23H25N3OS. The Morgan fingerprint density at radius 3 is 2.75 bits per heavy atom. The first kappa shape index (κ1) is 18.8. The van der Waals surface area contributed by atoms with Crippen LogP contribution in [0.15, 0.2) is 66.0 Å². The first-order chi connectivity index (χ1) is 13.6. The zero-order valence-electron chi connectivity index (χ0n) is 16.3. The molecule has 1 aliphatic carbocycles. The molecule has 4 rings (SSSR count). The van der Waals surface area contributed by atoms with E-state index in [4.69, 9.17) is 0 Å². The van der Waals surface area contributed by atoms with Crippen molar-refractivity contribution in [1.82, 2.24) is 14.9 Å². The number of hydrogen-bond donors (Lipinski definition) is 1. The van der Waals surface area contributed by atoms with Gasteiger partial charge >= 0.3 is 0 Å². The van der Waals surface area contributed by atoms with Crippen LogP contribution >= 0.6 is 11.8 Å². The van der Waals surface area contributed by atoms with Gasteiger partial charge < -0.3 is 9.88 Å². The monoisotopic (exact) mass is 391 g/mol. The van der Waals surface area contributed by atoms with Gasteiger partial charge in [0.05, 0.1) is 23.2 Å². The lowest BCUT2D eigenvalue weighted by atomic mass is 9.88. The predicted octanol–water partition coefficient (Wildman–Crippen LogP) is 4.76. The van der Waals surface area contributed by atoms with Gasteiger partial charge in [-0.15, -0.1) is 0 Å². The first-order valence-corrected chi connectivity index (χ1v) is 10.6. The van der Waals surface area contributed by atoms with Crippen molar-refractivity contribution in [1.29, 1.82) is 0 Å². The van der Waals surface area contributed by atoms with Crippen LogP contribution < -0.4 is 5.32 Å². The second-order valence-electron chi connectivity index (χ2n) is 7.26. The largest absolute Gasteiger partial charge is 0.348 e. The van der Waals surface area contributed by atoms with Crippen LogP contribution in [0.1, 0.15) is 36.9 Å². The van der Waals surface area contributed by atoms with Gasteiger partial charge in [0.25, 0.3) is 0 Å². The van der Waals surface area contributed by atoms with Crippen molar-refractivity contribution in [2.45, 2.75) is 42.6 Å². The Hall–Kier alpha value is -2.53. The molecule has 0 fully saturated rings. The lowest BCUT2D eigenvalue weighted by Crippen LogP contribution is -2.36. The van der Waals surface area contributed by atoms with Crippen molar-refractivity contribution in [3.63, 3.8) is 0 Å². The fraction of sp³-hybridized carbons (Fsp3) is 0.304. The van der Waals surface area contributed by atoms with Crippen molar-refractivity contribution >= 4 is 17.7 Å². The summed E-state index contributed by atoms with van der Waals surface area (Å²) in [5, 5.41) is 3.90. The molecule has 0 aliphatic heterocycles. The zero-order chi connectivity index (χ0) is 19.5. The van der Waals surface area contributed by atoms with Gasteiger partial charge in [0.1, 0.15) is 0 Å². The molecule has 0 saturated carbocycles. The molecule has 3 aromatic rings. The maximum atomic E-state index is 12.8. The molecule has 2 unspecified atom stereocenters. The number of benzene rings is 2. The molecule has 144 valence electrons. The third kappa shape index (κ3) is 3.85. The maximum Gasteiger partial charge on any atom is 0.233 e. The quantitative estimate of drug-likeness (QED) is 0.638. The van der Waals surface area contributed by atoms with Crippen LogP contribution in [0, 0.1) is 0 Å². The van der Waals surface area contributed by atoms with Crippen molar-refractivity contribution in [3.8, 4) is 11.3 Å². The Balaban J connectivity index is 1.44. The van der Waals surface area contributed by atoms with Gasteiger partial charge in [-0.3, -0.25) is 4.79 Å². The molecule has 1 aliphatic rings. The van der Waals surface area contributed by atoms with E-state index in [1.165, 1.54) is 22.9 Å². The van der Waals surface area contributed by atoms with Crippen LogP contribution in [0.25, 0.3) is 11.3 Å². The summed E-state index contributed by atoms with van der Waals surface area (Å²) in [6.45, 7) is 1.95. The summed E-state index contributed by atoms with van der Waals surface area (Å²) >= 11 is 1.50. The Bertz CT molecular complexity index is 967. The van der Waals surface area contributed by atoms with E-state index in [-0.39, 0.29) is 17.2 Å². The summed E-state index contributed by atoms with van der Waals surface area (Å²) in [5.41, 5.74) is 4.80. The number of rotatable bonds is 5. The minimum Gasteiger partial charge on any atom is -0.348 e. The molecule has 1 heterocycles. The highest BCUT2D eigenvalue weighted by Gasteiger charge is 2.25. The van der Waals surface area contributed by atoms with Gasteiger partial charge in [-0.1, -0.05) is 66.4 Å². The maximum absolute atomic E-state index is 12.8. The Labute approximate surface area is 170 Å². The molecule has 5 heteroatoms. The number of carbonyl (C=O) groups excluding carboxylic acids is 1. The van der Waals surface area contributed by atoms with Crippen molar-refractivity contribution < 1.29 is 4.79 Å². The number of amides is 1. The van der Waals surface area contributed by atoms with Crippen LogP contribution in [0.3, 0.4) is 0 Å². The molecule has 0 spiro atoms. The summed E-state index contributed by atoms with van der Waals surface area (Å²) in [7, 11) is 2.00. The smallest absolute Gasteiger partial charge is 0.233 e. The van der Waals surface area contributed by atoms with E-state index < -0.39 is 0 Å². The van der Waals surface area contributed by atoms with E-state index >= 15 is 0 Å². The Morgan fingerprint density at radius 1 is 1.18 bits per heavy atom. The molecule has 1 N–H and O–H groups in total. The van der Waals surface area contributed by atoms with Crippen molar-refractivity contribution in [2.75, 3.05) is 0 Å². The molecule has 2 atom stereocenters. The van der Waals surface area contributed by atoms with E-state index in [1.54, 1.807) is 0 Å². The number of aryl methyl sites for hydroxylation is 1. The van der Waals surface area contributed by atoms with Crippen LogP contribution in [0.4, 0.5) is 0 Å². The van der Waals surface area contributed by atoms with Crippen molar-refractivity contribution in [2.24, 2.45) is 7.05 Å². The number of aromatic nitrogens is 2. The van der Waals surface area contributed by atoms with Gasteiger partial charge in [0, 0.05) is 7.05 Å². The zero-order valence-corrected chi connectivity index (χ0v) is 17.1. The third-order valence-electron chi connectivity index (χ3n) is 5.35. The third-order valence-corrected chi connectivity index (χ3v) is 6.51. The predicted molar refractivity (Wildman–Crippen MR) is 114 cm³/mol. The molecule has 28 heavy (non-hydrogen) atoms. The fourth-order valence-corrected chi connectivity index (χ4v) is 4.65. The van der Waals surface area contributed by atoms with E-state index in [0.29, 0.717) is 0 Å². The lowest BCUT2D eigenvalue weighted by Gasteiger charge is -2.27. The van der Waals surface area contributed by atoms with E-state index in [1.807, 2.05) is 38.4 Å². The van der Waals surface area contributed by atoms with Gasteiger partial charge in [0.15, 0.2) is 5.16 Å². The summed E-state index contributed by atoms with van der Waals surface area (Å²) < 4.78 is 2.06. The SMILES string of the molecule is CC(Sc1ncc(-c2ccccc2)n1C)C(=O)NC1CCCc2ccccc21. The lowest BCUT2D eigenvalue weighted by molar-refractivity contribution is -0.121. The standard InChI is InChI=1S/C23H25N3OS/c1-16(22(27)25-20-14-8-12-17-9-6-7-13-19(17)20)28-23-24-15-21(26(23)2)18-10-4-3-5-11-18/h3-7,9-11,13,15-16,20H,8,12,14H2,1-2H3,(H,25,27). The second-order valence-corrected chi connectivity index (χ2v) is 8.57. The number of imidazole rings is 1. The van der Waals surface area contributed by atoms with Crippen LogP contribution in [-0.4, -0.2) is 20.7 Å². The number of carbonyl (C=O) groups is 1. The molecule has 0 radical (unpaired) electrons.